The SMILES string of the molecule is O=C(Cn1cnnn1)Nc1nnc(C2CC2)s1. The van der Waals surface area contributed by atoms with Crippen LogP contribution in [0.25, 0.3) is 0 Å². The van der Waals surface area contributed by atoms with Crippen molar-refractivity contribution in [3.63, 3.8) is 0 Å². The van der Waals surface area contributed by atoms with Gasteiger partial charge in [0.05, 0.1) is 0 Å². The fourth-order valence-electron chi connectivity index (χ4n) is 1.34. The van der Waals surface area contributed by atoms with Gasteiger partial charge in [-0.2, -0.15) is 0 Å². The highest BCUT2D eigenvalue weighted by Gasteiger charge is 2.27. The van der Waals surface area contributed by atoms with Crippen molar-refractivity contribution in [1.29, 1.82) is 0 Å². The Hall–Kier alpha value is -1.90. The smallest absolute Gasteiger partial charge is 0.248 e. The van der Waals surface area contributed by atoms with Gasteiger partial charge in [-0.1, -0.05) is 11.3 Å². The first-order valence-corrected chi connectivity index (χ1v) is 5.97. The lowest BCUT2D eigenvalue weighted by molar-refractivity contribution is -0.116. The molecule has 0 saturated heterocycles. The van der Waals surface area contributed by atoms with Gasteiger partial charge in [0.2, 0.25) is 11.0 Å². The molecule has 0 radical (unpaired) electrons. The normalized spacial score (nSPS) is 14.8. The van der Waals surface area contributed by atoms with Crippen molar-refractivity contribution in [2.24, 2.45) is 0 Å². The summed E-state index contributed by atoms with van der Waals surface area (Å²) in [5.41, 5.74) is 0. The Morgan fingerprint density at radius 3 is 3.12 bits per heavy atom. The van der Waals surface area contributed by atoms with Gasteiger partial charge in [-0.15, -0.1) is 15.3 Å². The first-order chi connectivity index (χ1) is 8.31. The summed E-state index contributed by atoms with van der Waals surface area (Å²) in [6.45, 7) is 0.0747. The van der Waals surface area contributed by atoms with Crippen LogP contribution in [-0.4, -0.2) is 36.3 Å². The zero-order valence-corrected chi connectivity index (χ0v) is 9.59. The quantitative estimate of drug-likeness (QED) is 0.823. The molecule has 0 unspecified atom stereocenters. The van der Waals surface area contributed by atoms with Gasteiger partial charge in [-0.05, 0) is 23.3 Å². The van der Waals surface area contributed by atoms with Crippen LogP contribution in [0.2, 0.25) is 0 Å². The van der Waals surface area contributed by atoms with E-state index in [9.17, 15) is 4.79 Å². The van der Waals surface area contributed by atoms with E-state index in [0.717, 1.165) is 5.01 Å². The van der Waals surface area contributed by atoms with Gasteiger partial charge < -0.3 is 0 Å². The van der Waals surface area contributed by atoms with Crippen LogP contribution >= 0.6 is 11.3 Å². The molecular weight excluding hydrogens is 242 g/mol. The lowest BCUT2D eigenvalue weighted by Gasteiger charge is -1.98. The molecule has 0 spiro atoms. The van der Waals surface area contributed by atoms with Crippen LogP contribution in [0.15, 0.2) is 6.33 Å². The maximum absolute atomic E-state index is 11.6. The van der Waals surface area contributed by atoms with Gasteiger partial charge in [0.1, 0.15) is 17.9 Å². The average Bonchev–Trinajstić information content (AvgIpc) is 2.84. The Bertz CT molecular complexity index is 518. The standard InChI is InChI=1S/C8H9N7OS/c16-6(3-15-4-9-13-14-15)10-8-12-11-7(17-8)5-1-2-5/h4-5H,1-3H2,(H,10,12,16). The minimum absolute atomic E-state index is 0.0747. The molecule has 1 N–H and O–H groups in total. The van der Waals surface area contributed by atoms with Crippen LogP contribution in [0.5, 0.6) is 0 Å². The fraction of sp³-hybridized carbons (Fsp3) is 0.500. The molecule has 1 amide bonds. The summed E-state index contributed by atoms with van der Waals surface area (Å²) in [4.78, 5) is 11.6. The molecule has 9 heteroatoms. The van der Waals surface area contributed by atoms with Crippen LogP contribution in [0, 0.1) is 0 Å². The molecule has 17 heavy (non-hydrogen) atoms. The average molecular weight is 251 g/mol. The van der Waals surface area contributed by atoms with E-state index in [1.165, 1.54) is 35.2 Å². The number of carbonyl (C=O) groups excluding carboxylic acids is 1. The van der Waals surface area contributed by atoms with Crippen LogP contribution in [0.4, 0.5) is 5.13 Å². The third-order valence-corrected chi connectivity index (χ3v) is 3.31. The molecule has 3 rings (SSSR count). The van der Waals surface area contributed by atoms with E-state index < -0.39 is 0 Å². The summed E-state index contributed by atoms with van der Waals surface area (Å²) < 4.78 is 1.35. The molecule has 1 saturated carbocycles. The van der Waals surface area contributed by atoms with Crippen molar-refractivity contribution in [1.82, 2.24) is 30.4 Å². The number of anilines is 1. The van der Waals surface area contributed by atoms with Crippen molar-refractivity contribution >= 4 is 22.4 Å². The number of hydrogen-bond acceptors (Lipinski definition) is 7. The van der Waals surface area contributed by atoms with Crippen molar-refractivity contribution < 1.29 is 4.79 Å². The topological polar surface area (TPSA) is 98.5 Å². The second kappa shape index (κ2) is 4.17. The summed E-state index contributed by atoms with van der Waals surface area (Å²) in [5.74, 6) is 0.341. The van der Waals surface area contributed by atoms with Gasteiger partial charge >= 0.3 is 0 Å². The fourth-order valence-corrected chi connectivity index (χ4v) is 2.27. The Morgan fingerprint density at radius 2 is 2.41 bits per heavy atom. The maximum atomic E-state index is 11.6. The van der Waals surface area contributed by atoms with E-state index in [2.05, 4.69) is 31.0 Å². The van der Waals surface area contributed by atoms with Gasteiger partial charge in [0.15, 0.2) is 0 Å². The monoisotopic (exact) mass is 251 g/mol. The van der Waals surface area contributed by atoms with Gasteiger partial charge in [0.25, 0.3) is 0 Å². The molecule has 2 heterocycles. The first kappa shape index (κ1) is 10.3. The molecular formula is C8H9N7OS. The molecule has 0 aliphatic heterocycles. The summed E-state index contributed by atoms with van der Waals surface area (Å²) in [7, 11) is 0. The Kier molecular flexibility index (Phi) is 2.52. The predicted molar refractivity (Wildman–Crippen MR) is 58.3 cm³/mol. The van der Waals surface area contributed by atoms with E-state index in [0.29, 0.717) is 11.0 Å². The predicted octanol–water partition coefficient (Wildman–Crippen LogP) is 0.0407. The number of nitrogens with zero attached hydrogens (tertiary/aromatic N) is 6. The van der Waals surface area contributed by atoms with E-state index in [4.69, 9.17) is 0 Å². The highest BCUT2D eigenvalue weighted by atomic mass is 32.1. The minimum atomic E-state index is -0.212. The van der Waals surface area contributed by atoms with Crippen LogP contribution < -0.4 is 5.32 Å². The summed E-state index contributed by atoms with van der Waals surface area (Å²) in [6.07, 6.45) is 3.73. The second-order valence-corrected chi connectivity index (χ2v) is 4.78. The molecule has 88 valence electrons. The van der Waals surface area contributed by atoms with E-state index in [1.807, 2.05) is 0 Å². The number of amides is 1. The number of rotatable bonds is 4. The molecule has 2 aromatic heterocycles. The Labute approximate surface area is 100 Å². The Morgan fingerprint density at radius 1 is 1.53 bits per heavy atom. The van der Waals surface area contributed by atoms with Crippen molar-refractivity contribution in [2.75, 3.05) is 5.32 Å². The largest absolute Gasteiger partial charge is 0.299 e. The second-order valence-electron chi connectivity index (χ2n) is 3.78. The molecule has 8 nitrogen and oxygen atoms in total. The molecule has 1 aliphatic carbocycles. The number of aromatic nitrogens is 6. The number of nitrogens with one attached hydrogen (secondary N) is 1. The van der Waals surface area contributed by atoms with Gasteiger partial charge in [-0.25, -0.2) is 4.68 Å². The van der Waals surface area contributed by atoms with Crippen LogP contribution in [0.3, 0.4) is 0 Å². The number of carbonyl (C=O) groups is 1. The van der Waals surface area contributed by atoms with E-state index in [-0.39, 0.29) is 12.5 Å². The third kappa shape index (κ3) is 2.44. The lowest BCUT2D eigenvalue weighted by Crippen LogP contribution is -2.19. The summed E-state index contributed by atoms with van der Waals surface area (Å²) in [6, 6.07) is 0. The molecule has 2 aromatic rings. The van der Waals surface area contributed by atoms with Gasteiger partial charge in [-0.3, -0.25) is 10.1 Å². The molecule has 0 aromatic carbocycles. The zero-order chi connectivity index (χ0) is 11.7. The molecule has 1 aliphatic rings. The highest BCUT2D eigenvalue weighted by Crippen LogP contribution is 2.41. The van der Waals surface area contributed by atoms with Crippen LogP contribution in [0.1, 0.15) is 23.8 Å². The maximum Gasteiger partial charge on any atom is 0.248 e. The first-order valence-electron chi connectivity index (χ1n) is 5.15. The Balaban J connectivity index is 1.59. The summed E-state index contributed by atoms with van der Waals surface area (Å²) >= 11 is 1.43. The molecule has 0 bridgehead atoms. The lowest BCUT2D eigenvalue weighted by atomic mass is 10.5. The van der Waals surface area contributed by atoms with Crippen molar-refractivity contribution in [3.05, 3.63) is 11.3 Å². The van der Waals surface area contributed by atoms with Crippen molar-refractivity contribution in [3.8, 4) is 0 Å². The number of hydrogen-bond donors (Lipinski definition) is 1. The highest BCUT2D eigenvalue weighted by molar-refractivity contribution is 7.15. The van der Waals surface area contributed by atoms with Crippen molar-refractivity contribution in [2.45, 2.75) is 25.3 Å². The van der Waals surface area contributed by atoms with E-state index in [1.54, 1.807) is 0 Å². The minimum Gasteiger partial charge on any atom is -0.299 e. The third-order valence-electron chi connectivity index (χ3n) is 2.31. The summed E-state index contributed by atoms with van der Waals surface area (Å²) in [5, 5.41) is 22.7. The van der Waals surface area contributed by atoms with E-state index >= 15 is 0 Å². The number of tetrazole rings is 1. The molecule has 0 atom stereocenters. The zero-order valence-electron chi connectivity index (χ0n) is 8.78. The van der Waals surface area contributed by atoms with Crippen LogP contribution in [-0.2, 0) is 11.3 Å². The molecule has 1 fully saturated rings. The van der Waals surface area contributed by atoms with Gasteiger partial charge in [0, 0.05) is 5.92 Å².